The molecule has 0 saturated heterocycles. The minimum absolute atomic E-state index is 0.0576. The van der Waals surface area contributed by atoms with Crippen molar-refractivity contribution in [2.75, 3.05) is 5.01 Å². The van der Waals surface area contributed by atoms with Crippen LogP contribution < -0.4 is 10.7 Å². The highest BCUT2D eigenvalue weighted by Gasteiger charge is 2.08. The van der Waals surface area contributed by atoms with Crippen molar-refractivity contribution in [1.29, 1.82) is 0 Å². The molecule has 1 rings (SSSR count). The van der Waals surface area contributed by atoms with Gasteiger partial charge in [0.15, 0.2) is 5.11 Å². The maximum Gasteiger partial charge on any atom is 0.191 e. The highest BCUT2D eigenvalue weighted by Crippen LogP contribution is 2.13. The van der Waals surface area contributed by atoms with Gasteiger partial charge < -0.3 is 5.73 Å². The molecule has 0 aliphatic rings. The topological polar surface area (TPSA) is 58.7 Å². The Bertz CT molecular complexity index is 442. The van der Waals surface area contributed by atoms with E-state index in [0.29, 0.717) is 12.1 Å². The zero-order valence-corrected chi connectivity index (χ0v) is 10.7. The number of para-hydroxylation sites is 1. The number of hydrogen-bond donors (Lipinski definition) is 1. The van der Waals surface area contributed by atoms with Crippen molar-refractivity contribution >= 4 is 34.5 Å². The number of carbonyl (C=O) groups excluding carboxylic acids is 1. The molecule has 5 heteroatoms. The summed E-state index contributed by atoms with van der Waals surface area (Å²) in [5.74, 6) is 0.0576. The fourth-order valence-corrected chi connectivity index (χ4v) is 1.52. The Balaban J connectivity index is 2.96. The van der Waals surface area contributed by atoms with E-state index in [9.17, 15) is 4.79 Å². The van der Waals surface area contributed by atoms with Crippen LogP contribution in [0.2, 0.25) is 0 Å². The van der Waals surface area contributed by atoms with Gasteiger partial charge in [-0.2, -0.15) is 5.10 Å². The molecule has 0 aliphatic heterocycles. The van der Waals surface area contributed by atoms with Gasteiger partial charge in [-0.1, -0.05) is 18.2 Å². The number of nitrogens with two attached hydrogens (primary N) is 1. The van der Waals surface area contributed by atoms with Gasteiger partial charge in [0.05, 0.1) is 5.69 Å². The minimum atomic E-state index is 0.0576. The zero-order chi connectivity index (χ0) is 12.8. The largest absolute Gasteiger partial charge is 0.374 e. The van der Waals surface area contributed by atoms with Crippen LogP contribution in [0.3, 0.4) is 0 Å². The molecular weight excluding hydrogens is 234 g/mol. The van der Waals surface area contributed by atoms with Gasteiger partial charge in [-0.25, -0.2) is 5.01 Å². The van der Waals surface area contributed by atoms with Gasteiger partial charge in [0.25, 0.3) is 0 Å². The molecule has 0 saturated carbocycles. The Morgan fingerprint density at radius 3 is 2.41 bits per heavy atom. The molecule has 0 amide bonds. The van der Waals surface area contributed by atoms with Crippen LogP contribution in [0.1, 0.15) is 20.3 Å². The van der Waals surface area contributed by atoms with Crippen LogP contribution in [-0.2, 0) is 4.79 Å². The number of rotatable bonds is 4. The summed E-state index contributed by atoms with van der Waals surface area (Å²) in [6.07, 6.45) is 0.298. The molecule has 1 aromatic rings. The van der Waals surface area contributed by atoms with E-state index >= 15 is 0 Å². The standard InChI is InChI=1S/C12H15N3OS/c1-9(8-10(2)16)14-15(12(13)17)11-6-4-3-5-7-11/h3-7H,8H2,1-2H3,(H2,13,17). The normalized spacial score (nSPS) is 11.1. The third-order valence-corrected chi connectivity index (χ3v) is 2.16. The average Bonchev–Trinajstić information content (AvgIpc) is 2.25. The first-order chi connectivity index (χ1) is 8.00. The van der Waals surface area contributed by atoms with Gasteiger partial charge >= 0.3 is 0 Å². The van der Waals surface area contributed by atoms with Crippen LogP contribution in [0.4, 0.5) is 5.69 Å². The number of carbonyl (C=O) groups is 1. The van der Waals surface area contributed by atoms with Crippen molar-refractivity contribution < 1.29 is 4.79 Å². The number of ketones is 1. The Morgan fingerprint density at radius 1 is 1.35 bits per heavy atom. The summed E-state index contributed by atoms with van der Waals surface area (Å²) in [6, 6.07) is 9.34. The van der Waals surface area contributed by atoms with Gasteiger partial charge in [-0.05, 0) is 38.2 Å². The monoisotopic (exact) mass is 249 g/mol. The van der Waals surface area contributed by atoms with E-state index in [1.54, 1.807) is 6.92 Å². The lowest BCUT2D eigenvalue weighted by molar-refractivity contribution is -0.115. The lowest BCUT2D eigenvalue weighted by Crippen LogP contribution is -2.31. The number of hydrogen-bond acceptors (Lipinski definition) is 3. The van der Waals surface area contributed by atoms with Gasteiger partial charge in [0.2, 0.25) is 0 Å². The molecule has 0 unspecified atom stereocenters. The van der Waals surface area contributed by atoms with E-state index < -0.39 is 0 Å². The predicted octanol–water partition coefficient (Wildman–Crippen LogP) is 2.09. The quantitative estimate of drug-likeness (QED) is 0.504. The lowest BCUT2D eigenvalue weighted by Gasteiger charge is -2.17. The number of anilines is 1. The summed E-state index contributed by atoms with van der Waals surface area (Å²) in [5.41, 5.74) is 7.07. The first-order valence-electron chi connectivity index (χ1n) is 5.19. The molecule has 17 heavy (non-hydrogen) atoms. The summed E-state index contributed by atoms with van der Waals surface area (Å²) in [6.45, 7) is 3.29. The highest BCUT2D eigenvalue weighted by atomic mass is 32.1. The molecule has 0 radical (unpaired) electrons. The molecule has 0 fully saturated rings. The fraction of sp³-hybridized carbons (Fsp3) is 0.250. The smallest absolute Gasteiger partial charge is 0.191 e. The summed E-state index contributed by atoms with van der Waals surface area (Å²) < 4.78 is 0. The minimum Gasteiger partial charge on any atom is -0.374 e. The van der Waals surface area contributed by atoms with E-state index in [0.717, 1.165) is 5.69 Å². The number of nitrogens with zero attached hydrogens (tertiary/aromatic N) is 2. The summed E-state index contributed by atoms with van der Waals surface area (Å²) in [7, 11) is 0. The second-order valence-corrected chi connectivity index (χ2v) is 4.12. The average molecular weight is 249 g/mol. The maximum absolute atomic E-state index is 11.0. The highest BCUT2D eigenvalue weighted by molar-refractivity contribution is 7.80. The van der Waals surface area contributed by atoms with Crippen molar-refractivity contribution in [2.45, 2.75) is 20.3 Å². The predicted molar refractivity (Wildman–Crippen MR) is 74.1 cm³/mol. The molecule has 90 valence electrons. The van der Waals surface area contributed by atoms with Gasteiger partial charge in [0.1, 0.15) is 5.78 Å². The van der Waals surface area contributed by atoms with E-state index in [4.69, 9.17) is 18.0 Å². The second-order valence-electron chi connectivity index (χ2n) is 3.70. The number of benzene rings is 1. The summed E-state index contributed by atoms with van der Waals surface area (Å²) >= 11 is 4.94. The SMILES string of the molecule is CC(=O)CC(C)=NN(C(N)=S)c1ccccc1. The molecule has 0 spiro atoms. The van der Waals surface area contributed by atoms with E-state index in [2.05, 4.69) is 5.10 Å². The number of thiocarbonyl (C=S) groups is 1. The third kappa shape index (κ3) is 4.32. The molecule has 0 bridgehead atoms. The van der Waals surface area contributed by atoms with Gasteiger partial charge in [-0.3, -0.25) is 4.79 Å². The van der Waals surface area contributed by atoms with Crippen LogP contribution in [0, 0.1) is 0 Å². The number of Topliss-reactive ketones (excluding diaryl/α,β-unsaturated/α-hetero) is 1. The van der Waals surface area contributed by atoms with Gasteiger partial charge in [-0.15, -0.1) is 0 Å². The van der Waals surface area contributed by atoms with Crippen LogP contribution in [0.15, 0.2) is 35.4 Å². The molecular formula is C12H15N3OS. The zero-order valence-electron chi connectivity index (χ0n) is 9.88. The molecule has 0 aromatic heterocycles. The molecule has 0 aliphatic carbocycles. The molecule has 2 N–H and O–H groups in total. The lowest BCUT2D eigenvalue weighted by atomic mass is 10.2. The van der Waals surface area contributed by atoms with E-state index in [1.807, 2.05) is 30.3 Å². The van der Waals surface area contributed by atoms with Crippen molar-refractivity contribution in [3.8, 4) is 0 Å². The Morgan fingerprint density at radius 2 is 1.94 bits per heavy atom. The van der Waals surface area contributed by atoms with Crippen molar-refractivity contribution in [2.24, 2.45) is 10.8 Å². The molecule has 1 aromatic carbocycles. The van der Waals surface area contributed by atoms with Crippen molar-refractivity contribution in [1.82, 2.24) is 0 Å². The fourth-order valence-electron chi connectivity index (χ4n) is 1.37. The summed E-state index contributed by atoms with van der Waals surface area (Å²) in [4.78, 5) is 11.0. The molecule has 0 atom stereocenters. The van der Waals surface area contributed by atoms with Crippen molar-refractivity contribution in [3.63, 3.8) is 0 Å². The van der Waals surface area contributed by atoms with Crippen LogP contribution in [0.5, 0.6) is 0 Å². The maximum atomic E-state index is 11.0. The Kier molecular flexibility index (Phi) is 4.78. The Hall–Kier alpha value is -1.75. The third-order valence-electron chi connectivity index (χ3n) is 1.99. The summed E-state index contributed by atoms with van der Waals surface area (Å²) in [5, 5.41) is 5.85. The van der Waals surface area contributed by atoms with E-state index in [1.165, 1.54) is 11.9 Å². The van der Waals surface area contributed by atoms with Crippen molar-refractivity contribution in [3.05, 3.63) is 30.3 Å². The van der Waals surface area contributed by atoms with Crippen LogP contribution in [-0.4, -0.2) is 16.6 Å². The van der Waals surface area contributed by atoms with Crippen LogP contribution in [0.25, 0.3) is 0 Å². The number of hydrazone groups is 1. The molecule has 0 heterocycles. The van der Waals surface area contributed by atoms with E-state index in [-0.39, 0.29) is 10.9 Å². The van der Waals surface area contributed by atoms with Gasteiger partial charge in [0, 0.05) is 12.1 Å². The first-order valence-corrected chi connectivity index (χ1v) is 5.59. The second kappa shape index (κ2) is 6.10. The first kappa shape index (κ1) is 13.3. The van der Waals surface area contributed by atoms with Crippen LogP contribution >= 0.6 is 12.2 Å². The molecule has 4 nitrogen and oxygen atoms in total. The Labute approximate surface area is 106 Å².